The minimum absolute atomic E-state index is 0.230. The van der Waals surface area contributed by atoms with Crippen LogP contribution in [-0.4, -0.2) is 5.78 Å². The lowest BCUT2D eigenvalue weighted by atomic mass is 10.1. The second kappa shape index (κ2) is 4.86. The van der Waals surface area contributed by atoms with E-state index in [1.54, 1.807) is 12.1 Å². The molecule has 1 aromatic heterocycles. The Morgan fingerprint density at radius 1 is 1.28 bits per heavy atom. The van der Waals surface area contributed by atoms with Crippen LogP contribution in [0.3, 0.4) is 0 Å². The summed E-state index contributed by atoms with van der Waals surface area (Å²) in [5, 5.41) is 0. The van der Waals surface area contributed by atoms with E-state index in [9.17, 15) is 13.6 Å². The van der Waals surface area contributed by atoms with Crippen LogP contribution >= 0.6 is 11.3 Å². The molecule has 1 heterocycles. The van der Waals surface area contributed by atoms with Crippen LogP contribution in [0.25, 0.3) is 0 Å². The molecule has 0 spiro atoms. The number of nitrogens with two attached hydrogens (primary N) is 1. The lowest BCUT2D eigenvalue weighted by Gasteiger charge is -2.04. The summed E-state index contributed by atoms with van der Waals surface area (Å²) in [7, 11) is 0. The Kier molecular flexibility index (Phi) is 3.43. The number of hydrogen-bond acceptors (Lipinski definition) is 3. The summed E-state index contributed by atoms with van der Waals surface area (Å²) in [6.07, 6.45) is 0.778. The number of carbonyl (C=O) groups excluding carboxylic acids is 1. The minimum Gasteiger partial charge on any atom is -0.396 e. The van der Waals surface area contributed by atoms with Gasteiger partial charge in [0.15, 0.2) is 5.82 Å². The largest absolute Gasteiger partial charge is 0.396 e. The molecule has 5 heteroatoms. The van der Waals surface area contributed by atoms with Crippen molar-refractivity contribution < 1.29 is 13.6 Å². The number of anilines is 1. The minimum atomic E-state index is -0.994. The van der Waals surface area contributed by atoms with Crippen LogP contribution in [0, 0.1) is 11.6 Å². The fourth-order valence-corrected chi connectivity index (χ4v) is 2.48. The molecule has 0 amide bonds. The third-order valence-electron chi connectivity index (χ3n) is 2.58. The maximum absolute atomic E-state index is 13.7. The van der Waals surface area contributed by atoms with Gasteiger partial charge < -0.3 is 5.73 Å². The van der Waals surface area contributed by atoms with E-state index in [0.29, 0.717) is 4.88 Å². The highest BCUT2D eigenvalue weighted by Gasteiger charge is 2.22. The van der Waals surface area contributed by atoms with Crippen LogP contribution in [-0.2, 0) is 6.42 Å². The third-order valence-corrected chi connectivity index (χ3v) is 3.81. The van der Waals surface area contributed by atoms with Gasteiger partial charge in [0.05, 0.1) is 16.1 Å². The fourth-order valence-electron chi connectivity index (χ4n) is 1.59. The third kappa shape index (κ3) is 2.13. The van der Waals surface area contributed by atoms with E-state index in [4.69, 9.17) is 5.73 Å². The summed E-state index contributed by atoms with van der Waals surface area (Å²) in [6.45, 7) is 1.95. The van der Waals surface area contributed by atoms with Crippen molar-refractivity contribution in [2.24, 2.45) is 0 Å². The molecule has 2 N–H and O–H groups in total. The Morgan fingerprint density at radius 3 is 2.61 bits per heavy atom. The molecule has 0 aliphatic carbocycles. The molecule has 2 nitrogen and oxygen atoms in total. The van der Waals surface area contributed by atoms with Crippen molar-refractivity contribution in [2.75, 3.05) is 5.73 Å². The van der Waals surface area contributed by atoms with Gasteiger partial charge >= 0.3 is 0 Å². The SMILES string of the molecule is CCc1ccc(C(=O)c2c(F)ccc(N)c2F)s1. The van der Waals surface area contributed by atoms with E-state index >= 15 is 0 Å². The van der Waals surface area contributed by atoms with Crippen molar-refractivity contribution in [2.45, 2.75) is 13.3 Å². The summed E-state index contributed by atoms with van der Waals surface area (Å²) in [6, 6.07) is 5.46. The molecule has 0 radical (unpaired) electrons. The van der Waals surface area contributed by atoms with Crippen molar-refractivity contribution in [1.29, 1.82) is 0 Å². The second-order valence-corrected chi connectivity index (χ2v) is 4.94. The van der Waals surface area contributed by atoms with Crippen molar-refractivity contribution >= 4 is 22.8 Å². The number of aryl methyl sites for hydroxylation is 1. The van der Waals surface area contributed by atoms with Gasteiger partial charge in [0.25, 0.3) is 0 Å². The Labute approximate surface area is 107 Å². The van der Waals surface area contributed by atoms with E-state index in [0.717, 1.165) is 23.4 Å². The molecule has 0 aliphatic heterocycles. The molecule has 0 aliphatic rings. The van der Waals surface area contributed by atoms with Gasteiger partial charge in [-0.05, 0) is 30.7 Å². The molecule has 0 bridgehead atoms. The van der Waals surface area contributed by atoms with Gasteiger partial charge in [-0.1, -0.05) is 6.92 Å². The molecule has 0 unspecified atom stereocenters. The molecule has 18 heavy (non-hydrogen) atoms. The molecule has 0 saturated carbocycles. The maximum atomic E-state index is 13.7. The molecule has 94 valence electrons. The Morgan fingerprint density at radius 2 is 2.00 bits per heavy atom. The van der Waals surface area contributed by atoms with Crippen LogP contribution in [0.4, 0.5) is 14.5 Å². The van der Waals surface area contributed by atoms with Crippen LogP contribution < -0.4 is 5.73 Å². The highest BCUT2D eigenvalue weighted by Crippen LogP contribution is 2.25. The van der Waals surface area contributed by atoms with Crippen LogP contribution in [0.15, 0.2) is 24.3 Å². The Hall–Kier alpha value is -1.75. The van der Waals surface area contributed by atoms with E-state index in [-0.39, 0.29) is 5.69 Å². The smallest absolute Gasteiger partial charge is 0.208 e. The normalized spacial score (nSPS) is 10.6. The Bertz CT molecular complexity index is 607. The number of thiophene rings is 1. The summed E-state index contributed by atoms with van der Waals surface area (Å²) in [5.74, 6) is -2.55. The summed E-state index contributed by atoms with van der Waals surface area (Å²) < 4.78 is 27.2. The number of halogens is 2. The van der Waals surface area contributed by atoms with Crippen LogP contribution in [0.5, 0.6) is 0 Å². The van der Waals surface area contributed by atoms with Gasteiger partial charge in [-0.3, -0.25) is 4.79 Å². The average molecular weight is 267 g/mol. The second-order valence-electron chi connectivity index (χ2n) is 3.77. The number of ketones is 1. The number of hydrogen-bond donors (Lipinski definition) is 1. The van der Waals surface area contributed by atoms with Crippen molar-refractivity contribution in [3.05, 3.63) is 51.2 Å². The molecular formula is C13H11F2NOS. The van der Waals surface area contributed by atoms with Gasteiger partial charge in [-0.15, -0.1) is 11.3 Å². The number of carbonyl (C=O) groups is 1. The molecule has 1 aromatic carbocycles. The molecule has 0 saturated heterocycles. The van der Waals surface area contributed by atoms with Crippen molar-refractivity contribution in [3.8, 4) is 0 Å². The highest BCUT2D eigenvalue weighted by atomic mass is 32.1. The molecule has 0 fully saturated rings. The zero-order chi connectivity index (χ0) is 13.3. The summed E-state index contributed by atoms with van der Waals surface area (Å²) in [4.78, 5) is 13.3. The van der Waals surface area contributed by atoms with E-state index in [1.165, 1.54) is 11.3 Å². The van der Waals surface area contributed by atoms with Gasteiger partial charge in [-0.25, -0.2) is 8.78 Å². The van der Waals surface area contributed by atoms with Gasteiger partial charge in [-0.2, -0.15) is 0 Å². The van der Waals surface area contributed by atoms with Gasteiger partial charge in [0.1, 0.15) is 5.82 Å². The van der Waals surface area contributed by atoms with Gasteiger partial charge in [0.2, 0.25) is 5.78 Å². The predicted molar refractivity (Wildman–Crippen MR) is 67.9 cm³/mol. The summed E-state index contributed by atoms with van der Waals surface area (Å²) >= 11 is 1.24. The zero-order valence-corrected chi connectivity index (χ0v) is 10.5. The van der Waals surface area contributed by atoms with E-state index < -0.39 is 23.0 Å². The average Bonchev–Trinajstić information content (AvgIpc) is 2.83. The lowest BCUT2D eigenvalue weighted by molar-refractivity contribution is 0.103. The highest BCUT2D eigenvalue weighted by molar-refractivity contribution is 7.14. The monoisotopic (exact) mass is 267 g/mol. The molecule has 2 rings (SSSR count). The zero-order valence-electron chi connectivity index (χ0n) is 9.67. The topological polar surface area (TPSA) is 43.1 Å². The first kappa shape index (κ1) is 12.7. The van der Waals surface area contributed by atoms with Gasteiger partial charge in [0, 0.05) is 4.88 Å². The number of benzene rings is 1. The predicted octanol–water partition coefficient (Wildman–Crippen LogP) is 3.40. The van der Waals surface area contributed by atoms with E-state index in [2.05, 4.69) is 0 Å². The first-order valence-corrected chi connectivity index (χ1v) is 6.23. The number of nitrogen functional groups attached to an aromatic ring is 1. The van der Waals surface area contributed by atoms with Crippen LogP contribution in [0.1, 0.15) is 27.0 Å². The first-order valence-electron chi connectivity index (χ1n) is 5.41. The Balaban J connectivity index is 2.49. The quantitative estimate of drug-likeness (QED) is 0.684. The molecule has 2 aromatic rings. The standard InChI is InChI=1S/C13H11F2NOS/c1-2-7-3-6-10(18-7)13(17)11-8(14)4-5-9(16)12(11)15/h3-6H,2,16H2,1H3. The number of rotatable bonds is 3. The lowest BCUT2D eigenvalue weighted by Crippen LogP contribution is -2.08. The molecular weight excluding hydrogens is 256 g/mol. The van der Waals surface area contributed by atoms with Crippen molar-refractivity contribution in [3.63, 3.8) is 0 Å². The van der Waals surface area contributed by atoms with E-state index in [1.807, 2.05) is 6.92 Å². The summed E-state index contributed by atoms with van der Waals surface area (Å²) in [5.41, 5.74) is 4.53. The van der Waals surface area contributed by atoms with Crippen LogP contribution in [0.2, 0.25) is 0 Å². The maximum Gasteiger partial charge on any atom is 0.208 e. The fraction of sp³-hybridized carbons (Fsp3) is 0.154. The molecule has 0 atom stereocenters. The first-order chi connectivity index (χ1) is 8.54. The van der Waals surface area contributed by atoms with Crippen molar-refractivity contribution in [1.82, 2.24) is 0 Å².